The number of amides is 1. The first-order chi connectivity index (χ1) is 15.4. The molecule has 1 amide bonds. The minimum atomic E-state index is -3.68. The smallest absolute Gasteiger partial charge is 0.256 e. The summed E-state index contributed by atoms with van der Waals surface area (Å²) in [7, 11) is -1.91. The number of rotatable bonds is 4. The van der Waals surface area contributed by atoms with Gasteiger partial charge < -0.3 is 9.88 Å². The molecule has 0 bridgehead atoms. The van der Waals surface area contributed by atoms with Crippen molar-refractivity contribution in [2.75, 3.05) is 13.1 Å². The van der Waals surface area contributed by atoms with Crippen LogP contribution >= 0.6 is 0 Å². The number of aryl methyl sites for hydroxylation is 1. The van der Waals surface area contributed by atoms with Gasteiger partial charge in [0, 0.05) is 37.8 Å². The van der Waals surface area contributed by atoms with E-state index in [2.05, 4.69) is 5.32 Å². The molecule has 174 valence electrons. The monoisotopic (exact) mass is 459 g/mol. The second-order valence-corrected chi connectivity index (χ2v) is 11.1. The van der Waals surface area contributed by atoms with E-state index in [0.29, 0.717) is 18.6 Å². The lowest BCUT2D eigenvalue weighted by molar-refractivity contribution is 0.0931. The Hall–Kier alpha value is -2.19. The number of fused-ring (bicyclic) bond motifs is 1. The Kier molecular flexibility index (Phi) is 7.00. The van der Waals surface area contributed by atoms with E-state index >= 15 is 0 Å². The number of pyridine rings is 1. The van der Waals surface area contributed by atoms with Gasteiger partial charge in [0.1, 0.15) is 5.56 Å². The fourth-order valence-electron chi connectivity index (χ4n) is 4.91. The molecular weight excluding hydrogens is 426 g/mol. The zero-order chi connectivity index (χ0) is 22.7. The molecule has 1 saturated heterocycles. The number of benzene rings is 1. The maximum absolute atomic E-state index is 13.3. The summed E-state index contributed by atoms with van der Waals surface area (Å²) in [5, 5.41) is 3.29. The van der Waals surface area contributed by atoms with E-state index in [1.54, 1.807) is 29.9 Å². The van der Waals surface area contributed by atoms with Gasteiger partial charge in [-0.05, 0) is 43.9 Å². The van der Waals surface area contributed by atoms with Gasteiger partial charge in [-0.25, -0.2) is 8.42 Å². The van der Waals surface area contributed by atoms with Gasteiger partial charge in [0.25, 0.3) is 5.91 Å². The summed E-state index contributed by atoms with van der Waals surface area (Å²) < 4.78 is 29.7. The SMILES string of the molecule is Cn1cc(C(=O)NC2CCCCCC2)c(=O)c2cc(S(=O)(=O)N3CCCCCC3)ccc21. The second kappa shape index (κ2) is 9.75. The molecule has 0 atom stereocenters. The van der Waals surface area contributed by atoms with Crippen molar-refractivity contribution in [2.45, 2.75) is 75.1 Å². The highest BCUT2D eigenvalue weighted by Gasteiger charge is 2.26. The zero-order valence-corrected chi connectivity index (χ0v) is 19.6. The van der Waals surface area contributed by atoms with E-state index in [0.717, 1.165) is 51.4 Å². The maximum atomic E-state index is 13.3. The summed E-state index contributed by atoms with van der Waals surface area (Å²) in [5.41, 5.74) is 0.251. The quantitative estimate of drug-likeness (QED) is 0.708. The summed E-state index contributed by atoms with van der Waals surface area (Å²) in [6.45, 7) is 1.00. The van der Waals surface area contributed by atoms with Gasteiger partial charge in [0.15, 0.2) is 0 Å². The van der Waals surface area contributed by atoms with Crippen molar-refractivity contribution in [3.63, 3.8) is 0 Å². The van der Waals surface area contributed by atoms with Gasteiger partial charge >= 0.3 is 0 Å². The van der Waals surface area contributed by atoms with Gasteiger partial charge in [-0.1, -0.05) is 38.5 Å². The molecule has 0 spiro atoms. The molecule has 2 fully saturated rings. The first kappa shape index (κ1) is 23.0. The van der Waals surface area contributed by atoms with E-state index in [1.165, 1.54) is 23.2 Å². The molecule has 1 N–H and O–H groups in total. The summed E-state index contributed by atoms with van der Waals surface area (Å²) >= 11 is 0. The molecule has 2 heterocycles. The predicted octanol–water partition coefficient (Wildman–Crippen LogP) is 3.56. The van der Waals surface area contributed by atoms with E-state index < -0.39 is 15.5 Å². The van der Waals surface area contributed by atoms with Crippen LogP contribution in [0.3, 0.4) is 0 Å². The molecule has 2 aliphatic rings. The Balaban J connectivity index is 1.68. The summed E-state index contributed by atoms with van der Waals surface area (Å²) in [6, 6.07) is 4.75. The van der Waals surface area contributed by atoms with Gasteiger partial charge in [0.05, 0.1) is 10.4 Å². The number of hydrogen-bond acceptors (Lipinski definition) is 4. The Morgan fingerprint density at radius 1 is 0.969 bits per heavy atom. The highest BCUT2D eigenvalue weighted by atomic mass is 32.2. The normalized spacial score (nSPS) is 19.4. The lowest BCUT2D eigenvalue weighted by atomic mass is 10.1. The van der Waals surface area contributed by atoms with Crippen molar-refractivity contribution in [3.8, 4) is 0 Å². The molecule has 1 aromatic carbocycles. The van der Waals surface area contributed by atoms with Gasteiger partial charge in [0.2, 0.25) is 15.5 Å². The van der Waals surface area contributed by atoms with E-state index in [1.807, 2.05) is 0 Å². The average molecular weight is 460 g/mol. The van der Waals surface area contributed by atoms with Crippen LogP contribution in [0.4, 0.5) is 0 Å². The summed E-state index contributed by atoms with van der Waals surface area (Å²) in [4.78, 5) is 26.3. The third-order valence-electron chi connectivity index (χ3n) is 6.80. The van der Waals surface area contributed by atoms with Crippen molar-refractivity contribution in [1.82, 2.24) is 14.2 Å². The Morgan fingerprint density at radius 3 is 2.25 bits per heavy atom. The van der Waals surface area contributed by atoms with Crippen LogP contribution in [0, 0.1) is 0 Å². The van der Waals surface area contributed by atoms with Crippen LogP contribution in [0.5, 0.6) is 0 Å². The van der Waals surface area contributed by atoms with Crippen molar-refractivity contribution in [3.05, 3.63) is 40.2 Å². The molecule has 0 unspecified atom stereocenters. The molecule has 1 aromatic heterocycles. The number of carbonyl (C=O) groups excluding carboxylic acids is 1. The first-order valence-corrected chi connectivity index (χ1v) is 13.3. The average Bonchev–Trinajstić information content (AvgIpc) is 3.21. The van der Waals surface area contributed by atoms with E-state index in [4.69, 9.17) is 0 Å². The lowest BCUT2D eigenvalue weighted by Crippen LogP contribution is -2.37. The van der Waals surface area contributed by atoms with Gasteiger partial charge in [-0.2, -0.15) is 4.31 Å². The highest BCUT2D eigenvalue weighted by molar-refractivity contribution is 7.89. The number of nitrogens with one attached hydrogen (secondary N) is 1. The van der Waals surface area contributed by atoms with Crippen LogP contribution in [0.1, 0.15) is 74.6 Å². The maximum Gasteiger partial charge on any atom is 0.256 e. The van der Waals surface area contributed by atoms with E-state index in [9.17, 15) is 18.0 Å². The minimum absolute atomic E-state index is 0.0635. The molecule has 2 aromatic rings. The molecule has 7 nitrogen and oxygen atoms in total. The molecule has 1 aliphatic heterocycles. The van der Waals surface area contributed by atoms with Crippen LogP contribution in [-0.4, -0.2) is 42.3 Å². The van der Waals surface area contributed by atoms with Crippen molar-refractivity contribution in [1.29, 1.82) is 0 Å². The second-order valence-electron chi connectivity index (χ2n) is 9.14. The van der Waals surface area contributed by atoms with Crippen LogP contribution in [0.2, 0.25) is 0 Å². The van der Waals surface area contributed by atoms with Crippen LogP contribution in [0.15, 0.2) is 34.1 Å². The molecular formula is C24H33N3O4S. The number of aromatic nitrogens is 1. The number of nitrogens with zero attached hydrogens (tertiary/aromatic N) is 2. The Labute approximate surface area is 189 Å². The van der Waals surface area contributed by atoms with Crippen LogP contribution in [-0.2, 0) is 17.1 Å². The van der Waals surface area contributed by atoms with Crippen molar-refractivity contribution < 1.29 is 13.2 Å². The number of hydrogen-bond donors (Lipinski definition) is 1. The Morgan fingerprint density at radius 2 is 1.59 bits per heavy atom. The minimum Gasteiger partial charge on any atom is -0.350 e. The number of sulfonamides is 1. The topological polar surface area (TPSA) is 88.5 Å². The molecule has 32 heavy (non-hydrogen) atoms. The molecule has 8 heteroatoms. The van der Waals surface area contributed by atoms with Crippen molar-refractivity contribution >= 4 is 26.8 Å². The van der Waals surface area contributed by atoms with Crippen molar-refractivity contribution in [2.24, 2.45) is 7.05 Å². The molecule has 1 saturated carbocycles. The fourth-order valence-corrected chi connectivity index (χ4v) is 6.46. The van der Waals surface area contributed by atoms with Gasteiger partial charge in [-0.15, -0.1) is 0 Å². The largest absolute Gasteiger partial charge is 0.350 e. The fraction of sp³-hybridized carbons (Fsp3) is 0.583. The van der Waals surface area contributed by atoms with E-state index in [-0.39, 0.29) is 27.8 Å². The Bertz CT molecular complexity index is 1140. The zero-order valence-electron chi connectivity index (χ0n) is 18.8. The standard InChI is InChI=1S/C24H33N3O4S/c1-26-17-21(24(29)25-18-10-6-2-3-7-11-18)23(28)20-16-19(12-13-22(20)26)32(30,31)27-14-8-4-5-9-15-27/h12-13,16-18H,2-11,14-15H2,1H3,(H,25,29). The predicted molar refractivity (Wildman–Crippen MR) is 125 cm³/mol. The highest BCUT2D eigenvalue weighted by Crippen LogP contribution is 2.23. The summed E-state index contributed by atoms with van der Waals surface area (Å²) in [5.74, 6) is -0.375. The molecule has 0 radical (unpaired) electrons. The first-order valence-electron chi connectivity index (χ1n) is 11.8. The van der Waals surface area contributed by atoms with Crippen LogP contribution < -0.4 is 10.7 Å². The third kappa shape index (κ3) is 4.76. The number of carbonyl (C=O) groups is 1. The van der Waals surface area contributed by atoms with Gasteiger partial charge in [-0.3, -0.25) is 9.59 Å². The lowest BCUT2D eigenvalue weighted by Gasteiger charge is -2.20. The third-order valence-corrected chi connectivity index (χ3v) is 8.69. The summed E-state index contributed by atoms with van der Waals surface area (Å²) in [6.07, 6.45) is 11.7. The van der Waals surface area contributed by atoms with Crippen LogP contribution in [0.25, 0.3) is 10.9 Å². The molecule has 1 aliphatic carbocycles. The molecule has 4 rings (SSSR count).